The van der Waals surface area contributed by atoms with E-state index in [1.165, 1.54) is 5.56 Å². The smallest absolute Gasteiger partial charge is 0.135 e. The van der Waals surface area contributed by atoms with Crippen LogP contribution in [0.25, 0.3) is 11.3 Å². The van der Waals surface area contributed by atoms with Crippen LogP contribution in [0.5, 0.6) is 5.75 Å². The Hall–Kier alpha value is -4.17. The average molecular weight is 414 g/mol. The number of fused-ring (bicyclic) bond motifs is 1. The fourth-order valence-electron chi connectivity index (χ4n) is 3.72. The maximum absolute atomic E-state index is 6.25. The van der Waals surface area contributed by atoms with Gasteiger partial charge >= 0.3 is 0 Å². The van der Waals surface area contributed by atoms with Gasteiger partial charge in [0.2, 0.25) is 0 Å². The molecule has 0 aromatic heterocycles. The highest BCUT2D eigenvalue weighted by Crippen LogP contribution is 2.37. The lowest BCUT2D eigenvalue weighted by atomic mass is 9.96. The molecule has 0 aliphatic carbocycles. The van der Waals surface area contributed by atoms with E-state index in [9.17, 15) is 0 Å². The third-order valence-corrected chi connectivity index (χ3v) is 5.41. The van der Waals surface area contributed by atoms with E-state index in [0.29, 0.717) is 0 Å². The van der Waals surface area contributed by atoms with E-state index in [4.69, 9.17) is 9.73 Å². The first-order chi connectivity index (χ1) is 15.8. The number of ether oxygens (including phenoxy) is 1. The maximum atomic E-state index is 6.25. The lowest BCUT2D eigenvalue weighted by Crippen LogP contribution is -2.05. The fourth-order valence-corrected chi connectivity index (χ4v) is 3.72. The van der Waals surface area contributed by atoms with Crippen LogP contribution < -0.4 is 4.74 Å². The first kappa shape index (κ1) is 19.8. The van der Waals surface area contributed by atoms with Crippen LogP contribution in [0.3, 0.4) is 0 Å². The molecule has 0 amide bonds. The first-order valence-electron chi connectivity index (χ1n) is 10.7. The molecule has 0 unspecified atom stereocenters. The van der Waals surface area contributed by atoms with Crippen LogP contribution in [-0.4, -0.2) is 5.71 Å². The van der Waals surface area contributed by atoms with E-state index in [1.807, 2.05) is 54.6 Å². The summed E-state index contributed by atoms with van der Waals surface area (Å²) in [5.74, 6) is 1.68. The summed E-state index contributed by atoms with van der Waals surface area (Å²) in [5, 5.41) is 0. The van der Waals surface area contributed by atoms with Crippen molar-refractivity contribution in [2.24, 2.45) is 4.99 Å². The van der Waals surface area contributed by atoms with E-state index in [1.54, 1.807) is 0 Å². The number of hydrogen-bond donors (Lipinski definition) is 0. The van der Waals surface area contributed by atoms with Crippen molar-refractivity contribution in [3.8, 4) is 5.75 Å². The molecule has 1 heterocycles. The van der Waals surface area contributed by atoms with Crippen LogP contribution >= 0.6 is 0 Å². The Morgan fingerprint density at radius 2 is 1.38 bits per heavy atom. The molecule has 0 bridgehead atoms. The molecule has 1 aliphatic rings. The predicted molar refractivity (Wildman–Crippen MR) is 133 cm³/mol. The highest BCUT2D eigenvalue weighted by Gasteiger charge is 2.18. The van der Waals surface area contributed by atoms with Crippen molar-refractivity contribution in [2.75, 3.05) is 0 Å². The highest BCUT2D eigenvalue weighted by atomic mass is 16.5. The zero-order valence-electron chi connectivity index (χ0n) is 17.9. The van der Waals surface area contributed by atoms with Crippen LogP contribution in [0, 0.1) is 6.92 Å². The second kappa shape index (κ2) is 8.91. The number of nitrogens with zero attached hydrogens (tertiary/aromatic N) is 1. The number of aliphatic imine (C=N–C) groups is 1. The molecule has 0 spiro atoms. The van der Waals surface area contributed by atoms with E-state index in [2.05, 4.69) is 73.7 Å². The molecule has 4 aromatic rings. The Bertz CT molecular complexity index is 1310. The van der Waals surface area contributed by atoms with Gasteiger partial charge in [-0.3, -0.25) is 0 Å². The molecule has 0 N–H and O–H groups in total. The second-order valence-corrected chi connectivity index (χ2v) is 7.77. The Morgan fingerprint density at radius 1 is 0.719 bits per heavy atom. The lowest BCUT2D eigenvalue weighted by molar-refractivity contribution is 0.509. The third kappa shape index (κ3) is 4.30. The van der Waals surface area contributed by atoms with Crippen LogP contribution in [0.2, 0.25) is 0 Å². The van der Waals surface area contributed by atoms with Gasteiger partial charge in [0.1, 0.15) is 11.5 Å². The van der Waals surface area contributed by atoms with Crippen LogP contribution in [0.1, 0.15) is 22.3 Å². The monoisotopic (exact) mass is 413 g/mol. The van der Waals surface area contributed by atoms with Gasteiger partial charge in [0.15, 0.2) is 0 Å². The van der Waals surface area contributed by atoms with Crippen molar-refractivity contribution in [3.05, 3.63) is 144 Å². The van der Waals surface area contributed by atoms with Gasteiger partial charge in [-0.15, -0.1) is 0 Å². The highest BCUT2D eigenvalue weighted by molar-refractivity contribution is 6.15. The minimum Gasteiger partial charge on any atom is -0.456 e. The summed E-state index contributed by atoms with van der Waals surface area (Å²) in [4.78, 5) is 5.00. The third-order valence-electron chi connectivity index (χ3n) is 5.41. The van der Waals surface area contributed by atoms with Crippen molar-refractivity contribution < 1.29 is 4.74 Å². The zero-order chi connectivity index (χ0) is 21.8. The second-order valence-electron chi connectivity index (χ2n) is 7.77. The van der Waals surface area contributed by atoms with Gasteiger partial charge in [-0.2, -0.15) is 0 Å². The molecule has 0 fully saturated rings. The molecule has 4 aromatic carbocycles. The van der Waals surface area contributed by atoms with Crippen molar-refractivity contribution in [3.63, 3.8) is 0 Å². The van der Waals surface area contributed by atoms with E-state index >= 15 is 0 Å². The maximum Gasteiger partial charge on any atom is 0.135 e. The molecule has 32 heavy (non-hydrogen) atoms. The molecule has 5 rings (SSSR count). The SMILES string of the molecule is Cc1ccc(N=C(C=C2C=C(c3ccccc3)Oc3ccccc32)c2ccccc2)cc1. The molecule has 1 aliphatic heterocycles. The van der Waals surface area contributed by atoms with E-state index in [0.717, 1.165) is 45.2 Å². The van der Waals surface area contributed by atoms with Crippen LogP contribution in [-0.2, 0) is 0 Å². The Kier molecular flexibility index (Phi) is 5.50. The standard InChI is InChI=1S/C30H23NO/c1-22-16-18-26(19-17-22)31-28(23-10-4-2-5-11-23)20-25-21-30(24-12-6-3-7-13-24)32-29-15-9-8-14-27(25)29/h2-21H,1H3. The lowest BCUT2D eigenvalue weighted by Gasteiger charge is -2.21. The van der Waals surface area contributed by atoms with Crippen LogP contribution in [0.15, 0.2) is 126 Å². The normalized spacial score (nSPS) is 14.5. The van der Waals surface area contributed by atoms with Crippen molar-refractivity contribution >= 4 is 22.7 Å². The number of rotatable bonds is 4. The molecule has 0 saturated heterocycles. The first-order valence-corrected chi connectivity index (χ1v) is 10.7. The summed E-state index contributed by atoms with van der Waals surface area (Å²) in [6, 6.07) is 36.9. The minimum absolute atomic E-state index is 0.832. The molecular formula is C30H23NO. The zero-order valence-corrected chi connectivity index (χ0v) is 17.9. The summed E-state index contributed by atoms with van der Waals surface area (Å²) in [5.41, 5.74) is 7.30. The average Bonchev–Trinajstić information content (AvgIpc) is 2.86. The molecule has 0 saturated carbocycles. The molecule has 0 radical (unpaired) electrons. The van der Waals surface area contributed by atoms with Crippen molar-refractivity contribution in [2.45, 2.75) is 6.92 Å². The van der Waals surface area contributed by atoms with Crippen molar-refractivity contribution in [1.29, 1.82) is 0 Å². The Balaban J connectivity index is 1.67. The number of para-hydroxylation sites is 1. The summed E-state index contributed by atoms with van der Waals surface area (Å²) in [7, 11) is 0. The molecular weight excluding hydrogens is 390 g/mol. The van der Waals surface area contributed by atoms with E-state index < -0.39 is 0 Å². The van der Waals surface area contributed by atoms with Crippen LogP contribution in [0.4, 0.5) is 5.69 Å². The summed E-state index contributed by atoms with van der Waals surface area (Å²) in [6.07, 6.45) is 4.25. The van der Waals surface area contributed by atoms with Gasteiger partial charge in [-0.05, 0) is 42.8 Å². The number of benzene rings is 4. The number of allylic oxidation sites excluding steroid dienone is 3. The van der Waals surface area contributed by atoms with E-state index in [-0.39, 0.29) is 0 Å². The largest absolute Gasteiger partial charge is 0.456 e. The Labute approximate surface area is 188 Å². The number of aryl methyl sites for hydroxylation is 1. The topological polar surface area (TPSA) is 21.6 Å². The number of hydrogen-bond acceptors (Lipinski definition) is 2. The summed E-state index contributed by atoms with van der Waals surface area (Å²) >= 11 is 0. The van der Waals surface area contributed by atoms with Gasteiger partial charge in [-0.25, -0.2) is 4.99 Å². The summed E-state index contributed by atoms with van der Waals surface area (Å²) in [6.45, 7) is 2.09. The minimum atomic E-state index is 0.832. The molecule has 0 atom stereocenters. The molecule has 2 heteroatoms. The molecule has 154 valence electrons. The van der Waals surface area contributed by atoms with Gasteiger partial charge in [-0.1, -0.05) is 96.6 Å². The Morgan fingerprint density at radius 3 is 2.12 bits per heavy atom. The summed E-state index contributed by atoms with van der Waals surface area (Å²) < 4.78 is 6.25. The van der Waals surface area contributed by atoms with Gasteiger partial charge in [0.05, 0.1) is 11.4 Å². The van der Waals surface area contributed by atoms with Gasteiger partial charge in [0, 0.05) is 16.7 Å². The van der Waals surface area contributed by atoms with Crippen molar-refractivity contribution in [1.82, 2.24) is 0 Å². The quantitative estimate of drug-likeness (QED) is 0.315. The predicted octanol–water partition coefficient (Wildman–Crippen LogP) is 7.63. The van der Waals surface area contributed by atoms with Gasteiger partial charge < -0.3 is 4.74 Å². The molecule has 2 nitrogen and oxygen atoms in total. The fraction of sp³-hybridized carbons (Fsp3) is 0.0333. The van der Waals surface area contributed by atoms with Gasteiger partial charge in [0.25, 0.3) is 0 Å².